The number of allylic oxidation sites excluding steroid dienone is 1. The Kier molecular flexibility index (Phi) is 4.30. The zero-order valence-electron chi connectivity index (χ0n) is 9.66. The van der Waals surface area contributed by atoms with Crippen LogP contribution in [-0.4, -0.2) is 19.8 Å². The van der Waals surface area contributed by atoms with Crippen LogP contribution in [0.1, 0.15) is 5.56 Å². The van der Waals surface area contributed by atoms with E-state index in [0.29, 0.717) is 0 Å². The molecule has 0 unspecified atom stereocenters. The topological polar surface area (TPSA) is 20.2 Å². The maximum absolute atomic E-state index is 8.83. The first-order valence-electron chi connectivity index (χ1n) is 5.41. The fraction of sp³-hybridized carbons (Fsp3) is 0.385. The second-order valence-electron chi connectivity index (χ2n) is 4.55. The second kappa shape index (κ2) is 5.28. The van der Waals surface area contributed by atoms with Gasteiger partial charge < -0.3 is 5.11 Å². The Morgan fingerprint density at radius 3 is 2.33 bits per heavy atom. The van der Waals surface area contributed by atoms with E-state index in [4.69, 9.17) is 5.11 Å². The number of rotatable bonds is 5. The SMILES string of the molecule is C=CC[Si](C)(C)c1ccc(CCO)cc1. The summed E-state index contributed by atoms with van der Waals surface area (Å²) >= 11 is 0. The summed E-state index contributed by atoms with van der Waals surface area (Å²) in [7, 11) is -1.31. The summed E-state index contributed by atoms with van der Waals surface area (Å²) in [6.07, 6.45) is 2.78. The van der Waals surface area contributed by atoms with Gasteiger partial charge in [-0.3, -0.25) is 0 Å². The van der Waals surface area contributed by atoms with Crippen LogP contribution in [-0.2, 0) is 6.42 Å². The van der Waals surface area contributed by atoms with E-state index < -0.39 is 8.07 Å². The molecule has 1 N–H and O–H groups in total. The highest BCUT2D eigenvalue weighted by molar-refractivity contribution is 6.90. The maximum Gasteiger partial charge on any atom is 0.0843 e. The van der Waals surface area contributed by atoms with Gasteiger partial charge in [0, 0.05) is 6.61 Å². The average molecular weight is 220 g/mol. The van der Waals surface area contributed by atoms with Gasteiger partial charge >= 0.3 is 0 Å². The minimum absolute atomic E-state index is 0.229. The van der Waals surface area contributed by atoms with Crippen LogP contribution >= 0.6 is 0 Å². The third-order valence-electron chi connectivity index (χ3n) is 2.79. The van der Waals surface area contributed by atoms with Crippen molar-refractivity contribution in [1.29, 1.82) is 0 Å². The molecule has 0 atom stereocenters. The molecule has 0 spiro atoms. The maximum atomic E-state index is 8.83. The van der Waals surface area contributed by atoms with Crippen LogP contribution in [0, 0.1) is 0 Å². The normalized spacial score (nSPS) is 11.4. The Morgan fingerprint density at radius 2 is 1.87 bits per heavy atom. The predicted molar refractivity (Wildman–Crippen MR) is 69.4 cm³/mol. The number of hydrogen-bond donors (Lipinski definition) is 1. The van der Waals surface area contributed by atoms with Crippen LogP contribution in [0.15, 0.2) is 36.9 Å². The molecule has 0 fully saturated rings. The zero-order valence-corrected chi connectivity index (χ0v) is 10.7. The lowest BCUT2D eigenvalue weighted by Gasteiger charge is -2.21. The molecule has 0 amide bonds. The van der Waals surface area contributed by atoms with Gasteiger partial charge in [-0.1, -0.05) is 48.6 Å². The molecule has 1 aromatic rings. The molecule has 0 saturated carbocycles. The van der Waals surface area contributed by atoms with Gasteiger partial charge in [0.15, 0.2) is 0 Å². The first kappa shape index (κ1) is 12.2. The number of benzene rings is 1. The fourth-order valence-corrected chi connectivity index (χ4v) is 3.76. The van der Waals surface area contributed by atoms with Gasteiger partial charge in [-0.2, -0.15) is 0 Å². The Bertz CT molecular complexity index is 314. The molecular weight excluding hydrogens is 200 g/mol. The molecule has 1 rings (SSSR count). The monoisotopic (exact) mass is 220 g/mol. The quantitative estimate of drug-likeness (QED) is 0.596. The van der Waals surface area contributed by atoms with Crippen LogP contribution in [0.25, 0.3) is 0 Å². The van der Waals surface area contributed by atoms with Gasteiger partial charge in [0.25, 0.3) is 0 Å². The summed E-state index contributed by atoms with van der Waals surface area (Å²) in [5, 5.41) is 10.3. The molecule has 0 bridgehead atoms. The van der Waals surface area contributed by atoms with Crippen molar-refractivity contribution in [3.63, 3.8) is 0 Å². The average Bonchev–Trinajstić information content (AvgIpc) is 2.19. The Labute approximate surface area is 93.5 Å². The van der Waals surface area contributed by atoms with Gasteiger partial charge in [-0.15, -0.1) is 6.58 Å². The summed E-state index contributed by atoms with van der Waals surface area (Å²) in [6, 6.07) is 9.79. The molecule has 82 valence electrons. The summed E-state index contributed by atoms with van der Waals surface area (Å²) in [5.74, 6) is 0. The first-order valence-corrected chi connectivity index (χ1v) is 8.62. The third-order valence-corrected chi connectivity index (χ3v) is 6.00. The smallest absolute Gasteiger partial charge is 0.0843 e. The molecule has 0 aliphatic carbocycles. The molecule has 0 radical (unpaired) electrons. The summed E-state index contributed by atoms with van der Waals surface area (Å²) in [4.78, 5) is 0. The van der Waals surface area contributed by atoms with Gasteiger partial charge in [0.05, 0.1) is 8.07 Å². The van der Waals surface area contributed by atoms with Crippen molar-refractivity contribution in [2.45, 2.75) is 25.6 Å². The lowest BCUT2D eigenvalue weighted by molar-refractivity contribution is 0.299. The van der Waals surface area contributed by atoms with Crippen molar-refractivity contribution < 1.29 is 5.11 Å². The number of hydrogen-bond acceptors (Lipinski definition) is 1. The Hall–Kier alpha value is -0.863. The lowest BCUT2D eigenvalue weighted by atomic mass is 10.2. The summed E-state index contributed by atoms with van der Waals surface area (Å²) in [6.45, 7) is 8.76. The molecule has 0 aromatic heterocycles. The van der Waals surface area contributed by atoms with Crippen molar-refractivity contribution >= 4 is 13.3 Å². The third kappa shape index (κ3) is 3.32. The minimum atomic E-state index is -1.31. The summed E-state index contributed by atoms with van der Waals surface area (Å²) in [5.41, 5.74) is 1.21. The highest BCUT2D eigenvalue weighted by Crippen LogP contribution is 2.11. The van der Waals surface area contributed by atoms with E-state index in [1.807, 2.05) is 6.08 Å². The minimum Gasteiger partial charge on any atom is -0.396 e. The van der Waals surface area contributed by atoms with E-state index in [9.17, 15) is 0 Å². The van der Waals surface area contributed by atoms with Crippen molar-refractivity contribution in [3.8, 4) is 0 Å². The van der Waals surface area contributed by atoms with Crippen molar-refractivity contribution in [1.82, 2.24) is 0 Å². The molecule has 0 saturated heterocycles. The van der Waals surface area contributed by atoms with Crippen LogP contribution in [0.2, 0.25) is 19.1 Å². The number of aliphatic hydroxyl groups excluding tert-OH is 1. The molecule has 0 heterocycles. The Balaban J connectivity index is 2.83. The molecule has 1 nitrogen and oxygen atoms in total. The van der Waals surface area contributed by atoms with Crippen LogP contribution < -0.4 is 5.19 Å². The first-order chi connectivity index (χ1) is 7.10. The van der Waals surface area contributed by atoms with Crippen LogP contribution in [0.4, 0.5) is 0 Å². The van der Waals surface area contributed by atoms with Crippen molar-refractivity contribution in [3.05, 3.63) is 42.5 Å². The number of aliphatic hydroxyl groups is 1. The molecule has 15 heavy (non-hydrogen) atoms. The van der Waals surface area contributed by atoms with E-state index in [1.54, 1.807) is 0 Å². The molecule has 0 aliphatic heterocycles. The van der Waals surface area contributed by atoms with Crippen LogP contribution in [0.3, 0.4) is 0 Å². The largest absolute Gasteiger partial charge is 0.396 e. The summed E-state index contributed by atoms with van der Waals surface area (Å²) < 4.78 is 0. The molecular formula is C13H20OSi. The standard InChI is InChI=1S/C13H20OSi/c1-4-11-15(2,3)13-7-5-12(6-8-13)9-10-14/h4-8,14H,1,9-11H2,2-3H3. The molecule has 1 aromatic carbocycles. The predicted octanol–water partition coefficient (Wildman–Crippen LogP) is 2.32. The van der Waals surface area contributed by atoms with Gasteiger partial charge in [-0.05, 0) is 18.0 Å². The lowest BCUT2D eigenvalue weighted by Crippen LogP contribution is -2.40. The fourth-order valence-electron chi connectivity index (χ4n) is 1.73. The van der Waals surface area contributed by atoms with Gasteiger partial charge in [-0.25, -0.2) is 0 Å². The zero-order chi connectivity index (χ0) is 11.3. The van der Waals surface area contributed by atoms with E-state index >= 15 is 0 Å². The molecule has 2 heteroatoms. The van der Waals surface area contributed by atoms with Crippen molar-refractivity contribution in [2.24, 2.45) is 0 Å². The van der Waals surface area contributed by atoms with E-state index in [2.05, 4.69) is 43.9 Å². The van der Waals surface area contributed by atoms with Crippen molar-refractivity contribution in [2.75, 3.05) is 6.61 Å². The van der Waals surface area contributed by atoms with E-state index in [-0.39, 0.29) is 6.61 Å². The second-order valence-corrected chi connectivity index (χ2v) is 9.30. The van der Waals surface area contributed by atoms with Gasteiger partial charge in [0.2, 0.25) is 0 Å². The van der Waals surface area contributed by atoms with E-state index in [0.717, 1.165) is 12.5 Å². The van der Waals surface area contributed by atoms with E-state index in [1.165, 1.54) is 10.8 Å². The highest BCUT2D eigenvalue weighted by atomic mass is 28.3. The Morgan fingerprint density at radius 1 is 1.27 bits per heavy atom. The molecule has 0 aliphatic rings. The van der Waals surface area contributed by atoms with Gasteiger partial charge in [0.1, 0.15) is 0 Å². The van der Waals surface area contributed by atoms with Crippen LogP contribution in [0.5, 0.6) is 0 Å². The highest BCUT2D eigenvalue weighted by Gasteiger charge is 2.20.